The lowest BCUT2D eigenvalue weighted by atomic mass is 10.2. The molecular formula is C10H13F3N2O. The SMILES string of the molecule is C#CCC(N)C(=O)N(CC(F)(F)F)C1CC1. The lowest BCUT2D eigenvalue weighted by Crippen LogP contribution is -2.48. The molecule has 0 aromatic heterocycles. The minimum atomic E-state index is -4.39. The highest BCUT2D eigenvalue weighted by atomic mass is 19.4. The van der Waals surface area contributed by atoms with E-state index in [0.717, 1.165) is 4.90 Å². The summed E-state index contributed by atoms with van der Waals surface area (Å²) in [5, 5.41) is 0. The molecule has 1 rings (SSSR count). The largest absolute Gasteiger partial charge is 0.406 e. The van der Waals surface area contributed by atoms with Gasteiger partial charge in [-0.25, -0.2) is 0 Å². The predicted molar refractivity (Wildman–Crippen MR) is 52.2 cm³/mol. The minimum Gasteiger partial charge on any atom is -0.329 e. The smallest absolute Gasteiger partial charge is 0.329 e. The summed E-state index contributed by atoms with van der Waals surface area (Å²) >= 11 is 0. The number of carbonyl (C=O) groups is 1. The summed E-state index contributed by atoms with van der Waals surface area (Å²) in [6.45, 7) is -1.24. The first-order valence-electron chi connectivity index (χ1n) is 4.91. The molecule has 1 aliphatic carbocycles. The molecule has 0 aliphatic heterocycles. The first-order chi connectivity index (χ1) is 7.35. The van der Waals surface area contributed by atoms with Crippen LogP contribution in [-0.2, 0) is 4.79 Å². The summed E-state index contributed by atoms with van der Waals surface area (Å²) in [5.74, 6) is 1.46. The Morgan fingerprint density at radius 3 is 2.50 bits per heavy atom. The number of hydrogen-bond donors (Lipinski definition) is 1. The number of terminal acetylenes is 1. The predicted octanol–water partition coefficient (Wildman–Crippen LogP) is 0.890. The number of alkyl halides is 3. The fourth-order valence-corrected chi connectivity index (χ4v) is 1.39. The fraction of sp³-hybridized carbons (Fsp3) is 0.700. The van der Waals surface area contributed by atoms with Crippen LogP contribution in [0.1, 0.15) is 19.3 Å². The third-order valence-electron chi connectivity index (χ3n) is 2.28. The van der Waals surface area contributed by atoms with Gasteiger partial charge < -0.3 is 10.6 Å². The number of hydrogen-bond acceptors (Lipinski definition) is 2. The second-order valence-corrected chi connectivity index (χ2v) is 3.83. The molecule has 16 heavy (non-hydrogen) atoms. The summed E-state index contributed by atoms with van der Waals surface area (Å²) in [6, 6.07) is -1.36. The lowest BCUT2D eigenvalue weighted by molar-refractivity contribution is -0.163. The Hall–Kier alpha value is -1.22. The van der Waals surface area contributed by atoms with E-state index in [0.29, 0.717) is 12.8 Å². The summed E-state index contributed by atoms with van der Waals surface area (Å²) in [5.41, 5.74) is 5.41. The topological polar surface area (TPSA) is 46.3 Å². The van der Waals surface area contributed by atoms with Crippen LogP contribution < -0.4 is 5.73 Å². The van der Waals surface area contributed by atoms with E-state index in [1.807, 2.05) is 0 Å². The van der Waals surface area contributed by atoms with Gasteiger partial charge in [-0.05, 0) is 12.8 Å². The monoisotopic (exact) mass is 234 g/mol. The molecule has 0 aromatic carbocycles. The Balaban J connectivity index is 2.63. The molecule has 1 saturated carbocycles. The maximum absolute atomic E-state index is 12.2. The maximum atomic E-state index is 12.2. The second-order valence-electron chi connectivity index (χ2n) is 3.83. The highest BCUT2D eigenvalue weighted by Crippen LogP contribution is 2.30. The van der Waals surface area contributed by atoms with Crippen molar-refractivity contribution in [1.82, 2.24) is 4.90 Å². The van der Waals surface area contributed by atoms with Gasteiger partial charge in [0, 0.05) is 12.5 Å². The zero-order valence-corrected chi connectivity index (χ0v) is 8.63. The molecule has 0 spiro atoms. The molecule has 1 aliphatic rings. The number of amides is 1. The third kappa shape index (κ3) is 3.74. The first-order valence-corrected chi connectivity index (χ1v) is 4.91. The van der Waals surface area contributed by atoms with Gasteiger partial charge >= 0.3 is 6.18 Å². The number of carbonyl (C=O) groups excluding carboxylic acids is 1. The Labute approximate surface area is 91.8 Å². The van der Waals surface area contributed by atoms with E-state index in [-0.39, 0.29) is 12.5 Å². The van der Waals surface area contributed by atoms with Gasteiger partial charge in [-0.1, -0.05) is 0 Å². The molecule has 1 atom stereocenters. The van der Waals surface area contributed by atoms with E-state index in [1.54, 1.807) is 0 Å². The zero-order valence-electron chi connectivity index (χ0n) is 8.63. The van der Waals surface area contributed by atoms with Gasteiger partial charge in [0.2, 0.25) is 5.91 Å². The van der Waals surface area contributed by atoms with E-state index < -0.39 is 24.7 Å². The van der Waals surface area contributed by atoms with Crippen molar-refractivity contribution in [1.29, 1.82) is 0 Å². The minimum absolute atomic E-state index is 0.0418. The summed E-state index contributed by atoms with van der Waals surface area (Å²) in [7, 11) is 0. The van der Waals surface area contributed by atoms with Gasteiger partial charge in [0.15, 0.2) is 0 Å². The molecule has 0 saturated heterocycles. The van der Waals surface area contributed by atoms with Crippen LogP contribution in [0.2, 0.25) is 0 Å². The Bertz CT molecular complexity index is 304. The van der Waals surface area contributed by atoms with Crippen molar-refractivity contribution >= 4 is 5.91 Å². The molecule has 1 amide bonds. The van der Waals surface area contributed by atoms with Gasteiger partial charge in [0.1, 0.15) is 6.54 Å². The molecule has 3 nitrogen and oxygen atoms in total. The third-order valence-corrected chi connectivity index (χ3v) is 2.28. The van der Waals surface area contributed by atoms with Crippen molar-refractivity contribution in [3.8, 4) is 12.3 Å². The summed E-state index contributed by atoms with van der Waals surface area (Å²) in [4.78, 5) is 12.4. The highest BCUT2D eigenvalue weighted by molar-refractivity contribution is 5.82. The van der Waals surface area contributed by atoms with Crippen LogP contribution in [0.5, 0.6) is 0 Å². The van der Waals surface area contributed by atoms with Crippen molar-refractivity contribution in [3.05, 3.63) is 0 Å². The Kier molecular flexibility index (Phi) is 3.81. The van der Waals surface area contributed by atoms with E-state index in [2.05, 4.69) is 5.92 Å². The van der Waals surface area contributed by atoms with Crippen LogP contribution in [0.25, 0.3) is 0 Å². The van der Waals surface area contributed by atoms with Crippen LogP contribution >= 0.6 is 0 Å². The molecule has 0 aromatic rings. The van der Waals surface area contributed by atoms with Gasteiger partial charge in [-0.3, -0.25) is 4.79 Å². The molecular weight excluding hydrogens is 221 g/mol. The molecule has 1 fully saturated rings. The molecule has 90 valence electrons. The quantitative estimate of drug-likeness (QED) is 0.734. The first kappa shape index (κ1) is 12.8. The lowest BCUT2D eigenvalue weighted by Gasteiger charge is -2.25. The van der Waals surface area contributed by atoms with E-state index in [1.165, 1.54) is 0 Å². The average molecular weight is 234 g/mol. The van der Waals surface area contributed by atoms with Crippen molar-refractivity contribution in [2.45, 2.75) is 37.5 Å². The van der Waals surface area contributed by atoms with Gasteiger partial charge in [0.05, 0.1) is 6.04 Å². The van der Waals surface area contributed by atoms with Crippen molar-refractivity contribution in [2.75, 3.05) is 6.54 Å². The molecule has 0 radical (unpaired) electrons. The molecule has 6 heteroatoms. The van der Waals surface area contributed by atoms with Crippen LogP contribution in [0.3, 0.4) is 0 Å². The Morgan fingerprint density at radius 1 is 1.56 bits per heavy atom. The number of halogens is 3. The normalized spacial score (nSPS) is 17.7. The van der Waals surface area contributed by atoms with E-state index >= 15 is 0 Å². The van der Waals surface area contributed by atoms with Gasteiger partial charge in [-0.15, -0.1) is 12.3 Å². The second kappa shape index (κ2) is 4.74. The standard InChI is InChI=1S/C10H13F3N2O/c1-2-3-8(14)9(16)15(7-4-5-7)6-10(11,12)13/h1,7-8H,3-6,14H2. The van der Waals surface area contributed by atoms with E-state index in [4.69, 9.17) is 12.2 Å². The van der Waals surface area contributed by atoms with Gasteiger partial charge in [-0.2, -0.15) is 13.2 Å². The van der Waals surface area contributed by atoms with Crippen LogP contribution in [0, 0.1) is 12.3 Å². The highest BCUT2D eigenvalue weighted by Gasteiger charge is 2.41. The summed E-state index contributed by atoms with van der Waals surface area (Å²) in [6.07, 6.45) is 1.73. The van der Waals surface area contributed by atoms with Crippen molar-refractivity contribution in [2.24, 2.45) is 5.73 Å². The van der Waals surface area contributed by atoms with Crippen LogP contribution in [-0.4, -0.2) is 35.6 Å². The van der Waals surface area contributed by atoms with Crippen molar-refractivity contribution in [3.63, 3.8) is 0 Å². The number of nitrogens with two attached hydrogens (primary N) is 1. The number of nitrogens with zero attached hydrogens (tertiary/aromatic N) is 1. The van der Waals surface area contributed by atoms with Crippen LogP contribution in [0.15, 0.2) is 0 Å². The number of rotatable bonds is 4. The molecule has 0 heterocycles. The van der Waals surface area contributed by atoms with Gasteiger partial charge in [0.25, 0.3) is 0 Å². The summed E-state index contributed by atoms with van der Waals surface area (Å²) < 4.78 is 36.7. The maximum Gasteiger partial charge on any atom is 0.406 e. The molecule has 2 N–H and O–H groups in total. The average Bonchev–Trinajstić information content (AvgIpc) is 2.95. The van der Waals surface area contributed by atoms with Crippen LogP contribution in [0.4, 0.5) is 13.2 Å². The molecule has 0 bridgehead atoms. The zero-order chi connectivity index (χ0) is 12.3. The van der Waals surface area contributed by atoms with E-state index in [9.17, 15) is 18.0 Å². The Morgan fingerprint density at radius 2 is 2.12 bits per heavy atom. The fourth-order valence-electron chi connectivity index (χ4n) is 1.39. The molecule has 1 unspecified atom stereocenters. The van der Waals surface area contributed by atoms with Crippen molar-refractivity contribution < 1.29 is 18.0 Å².